The maximum atomic E-state index is 5.76. The summed E-state index contributed by atoms with van der Waals surface area (Å²) in [4.78, 5) is 0. The zero-order valence-electron chi connectivity index (χ0n) is 10.5. The van der Waals surface area contributed by atoms with Crippen LogP contribution in [0.25, 0.3) is 0 Å². The Kier molecular flexibility index (Phi) is 2.97. The Labute approximate surface area is 99.3 Å². The van der Waals surface area contributed by atoms with Gasteiger partial charge in [0.2, 0.25) is 0 Å². The van der Waals surface area contributed by atoms with Crippen LogP contribution in [0.5, 0.6) is 0 Å². The lowest BCUT2D eigenvalue weighted by Crippen LogP contribution is -2.38. The molecule has 0 saturated heterocycles. The van der Waals surface area contributed by atoms with Crippen LogP contribution in [-0.4, -0.2) is 6.04 Å². The second-order valence-corrected chi connectivity index (χ2v) is 6.33. The summed E-state index contributed by atoms with van der Waals surface area (Å²) in [6.07, 6.45) is 9.95. The van der Waals surface area contributed by atoms with Crippen LogP contribution < -0.4 is 11.3 Å². The lowest BCUT2D eigenvalue weighted by Gasteiger charge is -2.19. The molecule has 92 valence electrons. The van der Waals surface area contributed by atoms with E-state index in [1.807, 2.05) is 0 Å². The number of nitrogens with two attached hydrogens (primary N) is 1. The summed E-state index contributed by atoms with van der Waals surface area (Å²) in [6.45, 7) is 2.27. The van der Waals surface area contributed by atoms with Crippen molar-refractivity contribution < 1.29 is 0 Å². The van der Waals surface area contributed by atoms with Gasteiger partial charge < -0.3 is 0 Å². The van der Waals surface area contributed by atoms with Crippen LogP contribution >= 0.6 is 0 Å². The molecule has 0 aromatic heterocycles. The number of unbranched alkanes of at least 4 members (excludes halogenated alkanes) is 2. The average molecular weight is 222 g/mol. The van der Waals surface area contributed by atoms with Gasteiger partial charge in [0.15, 0.2) is 0 Å². The van der Waals surface area contributed by atoms with Gasteiger partial charge in [0.1, 0.15) is 0 Å². The molecule has 3 aliphatic rings. The SMILES string of the molecule is CCCCCC(NN)C1C2C3CCC(C3)C21. The summed E-state index contributed by atoms with van der Waals surface area (Å²) < 4.78 is 0. The smallest absolute Gasteiger partial charge is 0.0244 e. The Hall–Kier alpha value is -0.0800. The zero-order valence-corrected chi connectivity index (χ0v) is 10.5. The normalized spacial score (nSPS) is 45.8. The second kappa shape index (κ2) is 4.30. The molecule has 0 heterocycles. The molecule has 2 bridgehead atoms. The summed E-state index contributed by atoms with van der Waals surface area (Å²) in [5.74, 6) is 11.0. The molecule has 3 aliphatic carbocycles. The first-order valence-electron chi connectivity index (χ1n) is 7.33. The molecule has 0 spiro atoms. The van der Waals surface area contributed by atoms with E-state index in [0.29, 0.717) is 6.04 Å². The van der Waals surface area contributed by atoms with E-state index in [9.17, 15) is 0 Å². The first-order valence-corrected chi connectivity index (χ1v) is 7.33. The van der Waals surface area contributed by atoms with Crippen LogP contribution in [0.3, 0.4) is 0 Å². The number of rotatable bonds is 6. The molecule has 0 aromatic carbocycles. The molecule has 0 aromatic rings. The Morgan fingerprint density at radius 3 is 2.44 bits per heavy atom. The fraction of sp³-hybridized carbons (Fsp3) is 1.00. The van der Waals surface area contributed by atoms with Gasteiger partial charge in [-0.25, -0.2) is 0 Å². The minimum atomic E-state index is 0.630. The molecule has 3 N–H and O–H groups in total. The van der Waals surface area contributed by atoms with Gasteiger partial charge >= 0.3 is 0 Å². The third-order valence-electron chi connectivity index (χ3n) is 5.59. The van der Waals surface area contributed by atoms with Crippen molar-refractivity contribution in [3.05, 3.63) is 0 Å². The number of hydrogen-bond acceptors (Lipinski definition) is 2. The van der Waals surface area contributed by atoms with Crippen LogP contribution in [0.15, 0.2) is 0 Å². The summed E-state index contributed by atoms with van der Waals surface area (Å²) in [5, 5.41) is 0. The maximum absolute atomic E-state index is 5.76. The predicted octanol–water partition coefficient (Wildman–Crippen LogP) is 2.69. The van der Waals surface area contributed by atoms with E-state index < -0.39 is 0 Å². The molecule has 0 radical (unpaired) electrons. The molecule has 0 amide bonds. The molecule has 16 heavy (non-hydrogen) atoms. The molecule has 3 rings (SSSR count). The molecular formula is C14H26N2. The average Bonchev–Trinajstić information content (AvgIpc) is 2.73. The lowest BCUT2D eigenvalue weighted by atomic mass is 9.94. The topological polar surface area (TPSA) is 38.0 Å². The molecule has 3 saturated carbocycles. The summed E-state index contributed by atoms with van der Waals surface area (Å²) >= 11 is 0. The van der Waals surface area contributed by atoms with Gasteiger partial charge in [-0.3, -0.25) is 11.3 Å². The van der Waals surface area contributed by atoms with E-state index >= 15 is 0 Å². The number of hydrazine groups is 1. The van der Waals surface area contributed by atoms with Crippen molar-refractivity contribution in [2.24, 2.45) is 35.4 Å². The molecule has 3 fully saturated rings. The van der Waals surface area contributed by atoms with Crippen LogP contribution in [0.2, 0.25) is 0 Å². The molecule has 5 atom stereocenters. The van der Waals surface area contributed by atoms with Gasteiger partial charge in [0.05, 0.1) is 0 Å². The number of hydrogen-bond donors (Lipinski definition) is 2. The van der Waals surface area contributed by atoms with Crippen molar-refractivity contribution in [2.45, 2.75) is 57.9 Å². The van der Waals surface area contributed by atoms with Crippen molar-refractivity contribution in [1.29, 1.82) is 0 Å². The Morgan fingerprint density at radius 2 is 1.88 bits per heavy atom. The third-order valence-corrected chi connectivity index (χ3v) is 5.59. The van der Waals surface area contributed by atoms with Crippen molar-refractivity contribution in [3.63, 3.8) is 0 Å². The van der Waals surface area contributed by atoms with Crippen LogP contribution in [0.4, 0.5) is 0 Å². The summed E-state index contributed by atoms with van der Waals surface area (Å²) in [7, 11) is 0. The Balaban J connectivity index is 1.53. The second-order valence-electron chi connectivity index (χ2n) is 6.33. The molecule has 2 heteroatoms. The van der Waals surface area contributed by atoms with Gasteiger partial charge in [-0.15, -0.1) is 0 Å². The van der Waals surface area contributed by atoms with Gasteiger partial charge in [-0.1, -0.05) is 26.2 Å². The van der Waals surface area contributed by atoms with Crippen molar-refractivity contribution in [1.82, 2.24) is 5.43 Å². The lowest BCUT2D eigenvalue weighted by molar-refractivity contribution is 0.344. The quantitative estimate of drug-likeness (QED) is 0.412. The van der Waals surface area contributed by atoms with Crippen molar-refractivity contribution in [3.8, 4) is 0 Å². The van der Waals surface area contributed by atoms with E-state index in [1.165, 1.54) is 38.5 Å². The van der Waals surface area contributed by atoms with Crippen LogP contribution in [-0.2, 0) is 0 Å². The van der Waals surface area contributed by atoms with Gasteiger partial charge in [-0.05, 0) is 55.3 Å². The largest absolute Gasteiger partial charge is 0.271 e. The Bertz CT molecular complexity index is 237. The highest BCUT2D eigenvalue weighted by atomic mass is 15.2. The molecule has 2 nitrogen and oxygen atoms in total. The fourth-order valence-electron chi connectivity index (χ4n) is 4.93. The summed E-state index contributed by atoms with van der Waals surface area (Å²) in [5.41, 5.74) is 3.12. The van der Waals surface area contributed by atoms with Crippen molar-refractivity contribution in [2.75, 3.05) is 0 Å². The zero-order chi connectivity index (χ0) is 11.1. The maximum Gasteiger partial charge on any atom is 0.0244 e. The summed E-state index contributed by atoms with van der Waals surface area (Å²) in [6, 6.07) is 0.630. The van der Waals surface area contributed by atoms with E-state index in [-0.39, 0.29) is 0 Å². The molecular weight excluding hydrogens is 196 g/mol. The minimum absolute atomic E-state index is 0.630. The van der Waals surface area contributed by atoms with Gasteiger partial charge in [-0.2, -0.15) is 0 Å². The minimum Gasteiger partial charge on any atom is -0.271 e. The standard InChI is InChI=1S/C14H26N2/c1-2-3-4-5-11(16-15)14-12-9-6-7-10(8-9)13(12)14/h9-14,16H,2-8,15H2,1H3. The third kappa shape index (κ3) is 1.62. The van der Waals surface area contributed by atoms with E-state index in [4.69, 9.17) is 5.84 Å². The molecule has 0 aliphatic heterocycles. The van der Waals surface area contributed by atoms with Gasteiger partial charge in [0.25, 0.3) is 0 Å². The van der Waals surface area contributed by atoms with E-state index in [0.717, 1.165) is 29.6 Å². The Morgan fingerprint density at radius 1 is 1.19 bits per heavy atom. The first kappa shape index (κ1) is 11.0. The van der Waals surface area contributed by atoms with Crippen molar-refractivity contribution >= 4 is 0 Å². The fourth-order valence-corrected chi connectivity index (χ4v) is 4.93. The highest BCUT2D eigenvalue weighted by molar-refractivity contribution is 5.15. The number of nitrogens with one attached hydrogen (secondary N) is 1. The van der Waals surface area contributed by atoms with Crippen LogP contribution in [0, 0.1) is 29.6 Å². The van der Waals surface area contributed by atoms with E-state index in [2.05, 4.69) is 12.3 Å². The van der Waals surface area contributed by atoms with Gasteiger partial charge in [0, 0.05) is 6.04 Å². The number of fused-ring (bicyclic) bond motifs is 5. The first-order chi connectivity index (χ1) is 7.86. The predicted molar refractivity (Wildman–Crippen MR) is 66.6 cm³/mol. The van der Waals surface area contributed by atoms with E-state index in [1.54, 1.807) is 6.42 Å². The highest BCUT2D eigenvalue weighted by Gasteiger charge is 2.66. The van der Waals surface area contributed by atoms with Crippen LogP contribution in [0.1, 0.15) is 51.9 Å². The monoisotopic (exact) mass is 222 g/mol. The highest BCUT2D eigenvalue weighted by Crippen LogP contribution is 2.70. The molecule has 5 unspecified atom stereocenters.